The van der Waals surface area contributed by atoms with Gasteiger partial charge in [0.1, 0.15) is 0 Å². The fourth-order valence-corrected chi connectivity index (χ4v) is 3.53. The van der Waals surface area contributed by atoms with Crippen molar-refractivity contribution >= 4 is 34.5 Å². The normalized spacial score (nSPS) is 11.5. The summed E-state index contributed by atoms with van der Waals surface area (Å²) < 4.78 is 6.74. The van der Waals surface area contributed by atoms with Crippen molar-refractivity contribution < 1.29 is 9.32 Å². The van der Waals surface area contributed by atoms with Gasteiger partial charge in [-0.05, 0) is 31.9 Å². The third kappa shape index (κ3) is 4.21. The number of nitrogens with zero attached hydrogens (tertiary/aromatic N) is 3. The number of para-hydroxylation sites is 1. The lowest BCUT2D eigenvalue weighted by Gasteiger charge is -2.15. The fourth-order valence-electron chi connectivity index (χ4n) is 2.61. The molecular weight excluding hydrogens is 364 g/mol. The maximum atomic E-state index is 12.8. The SMILES string of the molecule is CC(C)c1cc(NC(=O)CSc2nc3ccccc3c(=O)n2C(C)C)on1. The van der Waals surface area contributed by atoms with Gasteiger partial charge >= 0.3 is 0 Å². The third-order valence-corrected chi connectivity index (χ3v) is 4.96. The topological polar surface area (TPSA) is 90.0 Å². The van der Waals surface area contributed by atoms with Crippen LogP contribution in [-0.4, -0.2) is 26.4 Å². The van der Waals surface area contributed by atoms with Gasteiger partial charge in [-0.25, -0.2) is 4.98 Å². The van der Waals surface area contributed by atoms with Crippen molar-refractivity contribution in [2.24, 2.45) is 0 Å². The molecular formula is C19H22N4O3S. The first-order valence-electron chi connectivity index (χ1n) is 8.77. The number of nitrogens with one attached hydrogen (secondary N) is 1. The minimum absolute atomic E-state index is 0.0666. The van der Waals surface area contributed by atoms with Gasteiger partial charge in [0, 0.05) is 12.1 Å². The molecule has 1 amide bonds. The Bertz CT molecular complexity index is 1020. The van der Waals surface area contributed by atoms with Crippen molar-refractivity contribution in [3.05, 3.63) is 46.4 Å². The van der Waals surface area contributed by atoms with Gasteiger partial charge in [-0.2, -0.15) is 0 Å². The van der Waals surface area contributed by atoms with Crippen molar-refractivity contribution in [3.63, 3.8) is 0 Å². The summed E-state index contributed by atoms with van der Waals surface area (Å²) in [6.45, 7) is 7.83. The molecule has 0 bridgehead atoms. The zero-order valence-corrected chi connectivity index (χ0v) is 16.5. The fraction of sp³-hybridized carbons (Fsp3) is 0.368. The number of anilines is 1. The molecule has 7 nitrogen and oxygen atoms in total. The van der Waals surface area contributed by atoms with E-state index in [9.17, 15) is 9.59 Å². The lowest BCUT2D eigenvalue weighted by molar-refractivity contribution is -0.113. The zero-order chi connectivity index (χ0) is 19.6. The summed E-state index contributed by atoms with van der Waals surface area (Å²) in [5.74, 6) is 0.395. The molecule has 1 N–H and O–H groups in total. The average Bonchev–Trinajstić information content (AvgIpc) is 3.08. The minimum Gasteiger partial charge on any atom is -0.338 e. The first-order chi connectivity index (χ1) is 12.9. The molecule has 2 heterocycles. The molecule has 3 rings (SSSR count). The minimum atomic E-state index is -0.246. The van der Waals surface area contributed by atoms with Crippen LogP contribution in [0.2, 0.25) is 0 Å². The summed E-state index contributed by atoms with van der Waals surface area (Å²) in [7, 11) is 0. The van der Waals surface area contributed by atoms with E-state index in [1.54, 1.807) is 22.8 Å². The number of carbonyl (C=O) groups is 1. The molecule has 0 saturated carbocycles. The van der Waals surface area contributed by atoms with Crippen molar-refractivity contribution in [1.82, 2.24) is 14.7 Å². The van der Waals surface area contributed by atoms with Crippen molar-refractivity contribution in [2.75, 3.05) is 11.1 Å². The first kappa shape index (κ1) is 19.2. The molecule has 0 fully saturated rings. The maximum absolute atomic E-state index is 12.8. The van der Waals surface area contributed by atoms with Crippen LogP contribution in [0.25, 0.3) is 10.9 Å². The molecule has 0 aliphatic heterocycles. The van der Waals surface area contributed by atoms with Crippen molar-refractivity contribution in [1.29, 1.82) is 0 Å². The molecule has 0 atom stereocenters. The Balaban J connectivity index is 1.78. The number of aromatic nitrogens is 3. The van der Waals surface area contributed by atoms with E-state index in [4.69, 9.17) is 4.52 Å². The Labute approximate surface area is 161 Å². The van der Waals surface area contributed by atoms with Crippen LogP contribution in [0, 0.1) is 0 Å². The highest BCUT2D eigenvalue weighted by molar-refractivity contribution is 7.99. The predicted molar refractivity (Wildman–Crippen MR) is 106 cm³/mol. The molecule has 1 aromatic carbocycles. The standard InChI is InChI=1S/C19H22N4O3S/c1-11(2)15-9-17(26-22-15)21-16(24)10-27-19-20-14-8-6-5-7-13(14)18(25)23(19)12(3)4/h5-9,11-12H,10H2,1-4H3,(H,21,24). The van der Waals surface area contributed by atoms with Crippen LogP contribution < -0.4 is 10.9 Å². The number of hydrogen-bond donors (Lipinski definition) is 1. The van der Waals surface area contributed by atoms with E-state index in [0.717, 1.165) is 5.69 Å². The predicted octanol–water partition coefficient (Wildman–Crippen LogP) is 3.82. The Morgan fingerprint density at radius 3 is 2.67 bits per heavy atom. The largest absolute Gasteiger partial charge is 0.338 e. The van der Waals surface area contributed by atoms with E-state index in [1.165, 1.54) is 11.8 Å². The Kier molecular flexibility index (Phi) is 5.65. The monoisotopic (exact) mass is 386 g/mol. The average molecular weight is 386 g/mol. The van der Waals surface area contributed by atoms with Gasteiger partial charge in [0.05, 0.1) is 22.3 Å². The number of benzene rings is 1. The Morgan fingerprint density at radius 2 is 2.00 bits per heavy atom. The van der Waals surface area contributed by atoms with Crippen LogP contribution in [0.5, 0.6) is 0 Å². The van der Waals surface area contributed by atoms with E-state index in [0.29, 0.717) is 21.9 Å². The van der Waals surface area contributed by atoms with Gasteiger partial charge in [-0.15, -0.1) is 0 Å². The van der Waals surface area contributed by atoms with Crippen LogP contribution in [-0.2, 0) is 4.79 Å². The lowest BCUT2D eigenvalue weighted by Crippen LogP contribution is -2.25. The molecule has 27 heavy (non-hydrogen) atoms. The number of hydrogen-bond acceptors (Lipinski definition) is 6. The van der Waals surface area contributed by atoms with E-state index < -0.39 is 0 Å². The Hall–Kier alpha value is -2.61. The van der Waals surface area contributed by atoms with Crippen LogP contribution in [0.3, 0.4) is 0 Å². The Morgan fingerprint density at radius 1 is 1.26 bits per heavy atom. The van der Waals surface area contributed by atoms with Gasteiger partial charge in [0.2, 0.25) is 11.8 Å². The second-order valence-corrected chi connectivity index (χ2v) is 7.73. The van der Waals surface area contributed by atoms with Gasteiger partial charge in [0.15, 0.2) is 5.16 Å². The molecule has 0 aliphatic rings. The summed E-state index contributed by atoms with van der Waals surface area (Å²) in [4.78, 5) is 29.6. The summed E-state index contributed by atoms with van der Waals surface area (Å²) in [5, 5.41) is 7.69. The maximum Gasteiger partial charge on any atom is 0.262 e. The van der Waals surface area contributed by atoms with Gasteiger partial charge < -0.3 is 4.52 Å². The second kappa shape index (κ2) is 7.96. The van der Waals surface area contributed by atoms with E-state index in [1.807, 2.05) is 39.8 Å². The lowest BCUT2D eigenvalue weighted by atomic mass is 10.1. The molecule has 3 aromatic rings. The van der Waals surface area contributed by atoms with Gasteiger partial charge in [-0.3, -0.25) is 19.5 Å². The summed E-state index contributed by atoms with van der Waals surface area (Å²) >= 11 is 1.22. The first-order valence-corrected chi connectivity index (χ1v) is 9.76. The van der Waals surface area contributed by atoms with Crippen LogP contribution in [0.4, 0.5) is 5.88 Å². The highest BCUT2D eigenvalue weighted by Gasteiger charge is 2.16. The quantitative estimate of drug-likeness (QED) is 0.512. The van der Waals surface area contributed by atoms with Gasteiger partial charge in [-0.1, -0.05) is 42.9 Å². The van der Waals surface area contributed by atoms with Crippen molar-refractivity contribution in [2.45, 2.75) is 44.8 Å². The van der Waals surface area contributed by atoms with Crippen LogP contribution in [0.1, 0.15) is 45.3 Å². The molecule has 0 unspecified atom stereocenters. The number of rotatable bonds is 6. The van der Waals surface area contributed by atoms with Crippen LogP contribution >= 0.6 is 11.8 Å². The highest BCUT2D eigenvalue weighted by Crippen LogP contribution is 2.22. The van der Waals surface area contributed by atoms with Crippen LogP contribution in [0.15, 0.2) is 44.8 Å². The second-order valence-electron chi connectivity index (χ2n) is 6.79. The van der Waals surface area contributed by atoms with E-state index in [2.05, 4.69) is 15.5 Å². The molecule has 0 radical (unpaired) electrons. The molecule has 0 saturated heterocycles. The summed E-state index contributed by atoms with van der Waals surface area (Å²) in [6.07, 6.45) is 0. The van der Waals surface area contributed by atoms with Crippen molar-refractivity contribution in [3.8, 4) is 0 Å². The van der Waals surface area contributed by atoms with E-state index >= 15 is 0 Å². The number of amides is 1. The third-order valence-electron chi connectivity index (χ3n) is 4.01. The highest BCUT2D eigenvalue weighted by atomic mass is 32.2. The molecule has 142 valence electrons. The summed E-state index contributed by atoms with van der Waals surface area (Å²) in [6, 6.07) is 8.87. The smallest absolute Gasteiger partial charge is 0.262 e. The molecule has 0 aliphatic carbocycles. The zero-order valence-electron chi connectivity index (χ0n) is 15.7. The number of carbonyl (C=O) groups excluding carboxylic acids is 1. The molecule has 0 spiro atoms. The number of fused-ring (bicyclic) bond motifs is 1. The molecule has 8 heteroatoms. The summed E-state index contributed by atoms with van der Waals surface area (Å²) in [5.41, 5.74) is 1.30. The van der Waals surface area contributed by atoms with E-state index in [-0.39, 0.29) is 29.2 Å². The molecule has 2 aromatic heterocycles. The van der Waals surface area contributed by atoms with Gasteiger partial charge in [0.25, 0.3) is 5.56 Å². The number of thioether (sulfide) groups is 1.